The second kappa shape index (κ2) is 5.03. The molecule has 1 atom stereocenters. The third kappa shape index (κ3) is 2.59. The monoisotopic (exact) mass is 269 g/mol. The number of allylic oxidation sites excluding steroid dienone is 4. The minimum Gasteiger partial charge on any atom is -0.495 e. The topological polar surface area (TPSA) is 35.2 Å². The van der Waals surface area contributed by atoms with E-state index in [1.54, 1.807) is 7.11 Å². The number of anilines is 1. The zero-order valence-corrected chi connectivity index (χ0v) is 10.9. The Balaban J connectivity index is 2.41. The standard InChI is InChI=1S/C13H13Cl2NO/c1-17-13-6-8(2-5-12(13)16)10-4-3-9(14)7-11(10)15/h2-6,9H,7,16H2,1H3. The molecular formula is C13H13Cl2NO. The van der Waals surface area contributed by atoms with Gasteiger partial charge in [-0.2, -0.15) is 0 Å². The Labute approximate surface area is 111 Å². The molecule has 0 saturated heterocycles. The molecule has 2 rings (SSSR count). The summed E-state index contributed by atoms with van der Waals surface area (Å²) in [6, 6.07) is 5.62. The molecule has 90 valence electrons. The molecule has 1 aromatic rings. The normalized spacial score (nSPS) is 19.6. The molecule has 0 aromatic heterocycles. The Bertz CT molecular complexity index is 494. The van der Waals surface area contributed by atoms with Gasteiger partial charge >= 0.3 is 0 Å². The van der Waals surface area contributed by atoms with Gasteiger partial charge in [-0.1, -0.05) is 29.8 Å². The van der Waals surface area contributed by atoms with Crippen molar-refractivity contribution in [2.75, 3.05) is 12.8 Å². The molecular weight excluding hydrogens is 257 g/mol. The lowest BCUT2D eigenvalue weighted by Gasteiger charge is -2.15. The van der Waals surface area contributed by atoms with Crippen molar-refractivity contribution in [2.45, 2.75) is 11.8 Å². The molecule has 0 aliphatic heterocycles. The number of ether oxygens (including phenoxy) is 1. The lowest BCUT2D eigenvalue weighted by Crippen LogP contribution is -2.01. The third-order valence-electron chi connectivity index (χ3n) is 2.68. The zero-order chi connectivity index (χ0) is 12.4. The molecule has 1 unspecified atom stereocenters. The van der Waals surface area contributed by atoms with Crippen LogP contribution in [-0.2, 0) is 0 Å². The lowest BCUT2D eigenvalue weighted by molar-refractivity contribution is 0.417. The van der Waals surface area contributed by atoms with Crippen LogP contribution in [0.15, 0.2) is 35.4 Å². The van der Waals surface area contributed by atoms with E-state index in [2.05, 4.69) is 0 Å². The number of hydrogen-bond acceptors (Lipinski definition) is 2. The van der Waals surface area contributed by atoms with E-state index in [0.717, 1.165) is 16.2 Å². The van der Waals surface area contributed by atoms with Crippen molar-refractivity contribution >= 4 is 34.5 Å². The Kier molecular flexibility index (Phi) is 3.65. The fourth-order valence-corrected chi connectivity index (χ4v) is 2.42. The summed E-state index contributed by atoms with van der Waals surface area (Å²) in [5.41, 5.74) is 8.35. The van der Waals surface area contributed by atoms with E-state index in [-0.39, 0.29) is 5.38 Å². The Morgan fingerprint density at radius 3 is 2.82 bits per heavy atom. The predicted octanol–water partition coefficient (Wildman–Crippen LogP) is 3.79. The summed E-state index contributed by atoms with van der Waals surface area (Å²) in [6.07, 6.45) is 4.53. The van der Waals surface area contributed by atoms with Gasteiger partial charge in [0.2, 0.25) is 0 Å². The van der Waals surface area contributed by atoms with Crippen LogP contribution in [0.2, 0.25) is 0 Å². The van der Waals surface area contributed by atoms with Crippen molar-refractivity contribution in [3.05, 3.63) is 40.9 Å². The van der Waals surface area contributed by atoms with Crippen LogP contribution >= 0.6 is 23.2 Å². The van der Waals surface area contributed by atoms with Gasteiger partial charge in [-0.3, -0.25) is 0 Å². The molecule has 0 saturated carbocycles. The van der Waals surface area contributed by atoms with Crippen LogP contribution in [0.5, 0.6) is 5.75 Å². The summed E-state index contributed by atoms with van der Waals surface area (Å²) in [6.45, 7) is 0. The first kappa shape index (κ1) is 12.3. The van der Waals surface area contributed by atoms with E-state index in [9.17, 15) is 0 Å². The second-order valence-corrected chi connectivity index (χ2v) is 4.87. The van der Waals surface area contributed by atoms with Gasteiger partial charge in [-0.05, 0) is 23.3 Å². The highest BCUT2D eigenvalue weighted by Crippen LogP contribution is 2.34. The van der Waals surface area contributed by atoms with E-state index in [1.807, 2.05) is 30.4 Å². The molecule has 0 heterocycles. The van der Waals surface area contributed by atoms with Crippen LogP contribution in [0.25, 0.3) is 5.57 Å². The largest absolute Gasteiger partial charge is 0.495 e. The van der Waals surface area contributed by atoms with Crippen molar-refractivity contribution < 1.29 is 4.74 Å². The van der Waals surface area contributed by atoms with Gasteiger partial charge in [0.25, 0.3) is 0 Å². The molecule has 1 aliphatic rings. The summed E-state index contributed by atoms with van der Waals surface area (Å²) in [7, 11) is 1.59. The number of benzene rings is 1. The van der Waals surface area contributed by atoms with Crippen LogP contribution in [-0.4, -0.2) is 12.5 Å². The van der Waals surface area contributed by atoms with Gasteiger partial charge in [-0.25, -0.2) is 0 Å². The zero-order valence-electron chi connectivity index (χ0n) is 9.41. The highest BCUT2D eigenvalue weighted by Gasteiger charge is 2.15. The van der Waals surface area contributed by atoms with Crippen LogP contribution in [0.1, 0.15) is 12.0 Å². The molecule has 0 radical (unpaired) electrons. The van der Waals surface area contributed by atoms with Gasteiger partial charge in [-0.15, -0.1) is 11.6 Å². The lowest BCUT2D eigenvalue weighted by atomic mass is 9.98. The van der Waals surface area contributed by atoms with Crippen LogP contribution < -0.4 is 10.5 Å². The maximum atomic E-state index is 6.22. The number of rotatable bonds is 2. The van der Waals surface area contributed by atoms with Gasteiger partial charge in [0.15, 0.2) is 0 Å². The average Bonchev–Trinajstić information content (AvgIpc) is 2.30. The van der Waals surface area contributed by atoms with Crippen molar-refractivity contribution in [1.29, 1.82) is 0 Å². The molecule has 0 fully saturated rings. The molecule has 4 heteroatoms. The highest BCUT2D eigenvalue weighted by molar-refractivity contribution is 6.34. The third-order valence-corrected chi connectivity index (χ3v) is 3.34. The Hall–Kier alpha value is -1.12. The molecule has 1 aliphatic carbocycles. The summed E-state index contributed by atoms with van der Waals surface area (Å²) in [5, 5.41) is 0.737. The first-order valence-corrected chi connectivity index (χ1v) is 6.08. The van der Waals surface area contributed by atoms with Crippen molar-refractivity contribution in [3.8, 4) is 5.75 Å². The fraction of sp³-hybridized carbons (Fsp3) is 0.231. The smallest absolute Gasteiger partial charge is 0.142 e. The average molecular weight is 270 g/mol. The number of nitrogen functional groups attached to an aromatic ring is 1. The molecule has 2 N–H and O–H groups in total. The minimum absolute atomic E-state index is 0.0260. The van der Waals surface area contributed by atoms with Gasteiger partial charge in [0.05, 0.1) is 18.2 Å². The van der Waals surface area contributed by atoms with Crippen LogP contribution in [0.3, 0.4) is 0 Å². The quantitative estimate of drug-likeness (QED) is 0.655. The van der Waals surface area contributed by atoms with Crippen LogP contribution in [0, 0.1) is 0 Å². The predicted molar refractivity (Wildman–Crippen MR) is 73.6 cm³/mol. The first-order chi connectivity index (χ1) is 8.11. The number of hydrogen-bond donors (Lipinski definition) is 1. The first-order valence-electron chi connectivity index (χ1n) is 5.26. The molecule has 2 nitrogen and oxygen atoms in total. The van der Waals surface area contributed by atoms with Crippen molar-refractivity contribution in [1.82, 2.24) is 0 Å². The highest BCUT2D eigenvalue weighted by atomic mass is 35.5. The van der Waals surface area contributed by atoms with Gasteiger partial charge in [0.1, 0.15) is 5.75 Å². The van der Waals surface area contributed by atoms with E-state index >= 15 is 0 Å². The van der Waals surface area contributed by atoms with Gasteiger partial charge < -0.3 is 10.5 Å². The Morgan fingerprint density at radius 2 is 2.18 bits per heavy atom. The SMILES string of the molecule is COc1cc(C2=C(Cl)CC(Cl)C=C2)ccc1N. The molecule has 0 amide bonds. The summed E-state index contributed by atoms with van der Waals surface area (Å²) < 4.78 is 5.19. The summed E-state index contributed by atoms with van der Waals surface area (Å²) >= 11 is 12.2. The summed E-state index contributed by atoms with van der Waals surface area (Å²) in [5.74, 6) is 0.654. The number of alkyl halides is 1. The number of nitrogens with two attached hydrogens (primary N) is 1. The number of halogens is 2. The maximum absolute atomic E-state index is 6.22. The summed E-state index contributed by atoms with van der Waals surface area (Å²) in [4.78, 5) is 0. The number of methoxy groups -OCH3 is 1. The second-order valence-electron chi connectivity index (χ2n) is 3.85. The van der Waals surface area contributed by atoms with Crippen molar-refractivity contribution in [2.24, 2.45) is 0 Å². The Morgan fingerprint density at radius 1 is 1.41 bits per heavy atom. The van der Waals surface area contributed by atoms with E-state index in [0.29, 0.717) is 17.9 Å². The van der Waals surface area contributed by atoms with E-state index in [1.165, 1.54) is 0 Å². The minimum atomic E-state index is -0.0260. The molecule has 0 bridgehead atoms. The maximum Gasteiger partial charge on any atom is 0.142 e. The van der Waals surface area contributed by atoms with Crippen LogP contribution in [0.4, 0.5) is 5.69 Å². The fourth-order valence-electron chi connectivity index (χ4n) is 1.77. The molecule has 0 spiro atoms. The van der Waals surface area contributed by atoms with Crippen molar-refractivity contribution in [3.63, 3.8) is 0 Å². The van der Waals surface area contributed by atoms with Gasteiger partial charge in [0, 0.05) is 11.5 Å². The molecule has 17 heavy (non-hydrogen) atoms. The van der Waals surface area contributed by atoms with E-state index < -0.39 is 0 Å². The van der Waals surface area contributed by atoms with E-state index in [4.69, 9.17) is 33.7 Å². The molecule has 1 aromatic carbocycles.